The van der Waals surface area contributed by atoms with Crippen molar-refractivity contribution in [3.8, 4) is 11.5 Å². The van der Waals surface area contributed by atoms with Crippen LogP contribution < -0.4 is 14.8 Å². The Labute approximate surface area is 123 Å². The molecule has 0 amide bonds. The van der Waals surface area contributed by atoms with Gasteiger partial charge in [0, 0.05) is 18.1 Å². The summed E-state index contributed by atoms with van der Waals surface area (Å²) in [5, 5.41) is 15.1. The van der Waals surface area contributed by atoms with E-state index < -0.39 is 0 Å². The van der Waals surface area contributed by atoms with Crippen LogP contribution in [0.4, 0.5) is 5.82 Å². The van der Waals surface area contributed by atoms with Crippen LogP contribution in [0, 0.1) is 0 Å². The molecule has 1 unspecified atom stereocenters. The average Bonchev–Trinajstić information content (AvgIpc) is 2.51. The molecule has 2 N–H and O–H groups in total. The highest BCUT2D eigenvalue weighted by molar-refractivity contribution is 5.94. The summed E-state index contributed by atoms with van der Waals surface area (Å²) in [6.45, 7) is 3.70. The topological polar surface area (TPSA) is 63.6 Å². The second-order valence-electron chi connectivity index (χ2n) is 5.20. The van der Waals surface area contributed by atoms with Gasteiger partial charge in [0.05, 0.1) is 6.10 Å². The number of benzene rings is 1. The lowest BCUT2D eigenvalue weighted by Gasteiger charge is -2.20. The minimum atomic E-state index is -0.357. The molecule has 2 aromatic rings. The second-order valence-corrected chi connectivity index (χ2v) is 5.20. The minimum Gasteiger partial charge on any atom is -0.486 e. The lowest BCUT2D eigenvalue weighted by atomic mass is 10.1. The van der Waals surface area contributed by atoms with Crippen LogP contribution in [0.1, 0.15) is 19.8 Å². The number of ether oxygens (including phenoxy) is 2. The maximum atomic E-state index is 9.84. The predicted octanol–water partition coefficient (Wildman–Crippen LogP) is 2.58. The fourth-order valence-electron chi connectivity index (χ4n) is 2.50. The molecule has 1 atom stereocenters. The first-order valence-electron chi connectivity index (χ1n) is 7.38. The van der Waals surface area contributed by atoms with E-state index in [2.05, 4.69) is 17.2 Å². The second kappa shape index (κ2) is 6.18. The maximum Gasteiger partial charge on any atom is 0.162 e. The van der Waals surface area contributed by atoms with Gasteiger partial charge in [0.2, 0.25) is 0 Å². The summed E-state index contributed by atoms with van der Waals surface area (Å²) < 4.78 is 11.2. The number of hydrogen-bond donors (Lipinski definition) is 2. The summed E-state index contributed by atoms with van der Waals surface area (Å²) in [6, 6.07) is 5.87. The van der Waals surface area contributed by atoms with E-state index in [1.54, 1.807) is 6.20 Å². The summed E-state index contributed by atoms with van der Waals surface area (Å²) in [5.41, 5.74) is 0. The standard InChI is InChI=1S/C16H20N2O3/c1-2-3-12(19)10-18-16-13-9-15-14(20-6-7-21-15)8-11(13)4-5-17-16/h4-5,8-9,12,19H,2-3,6-7,10H2,1H3,(H,17,18). The van der Waals surface area contributed by atoms with Gasteiger partial charge in [-0.1, -0.05) is 13.3 Å². The molecule has 2 heterocycles. The normalized spacial score (nSPS) is 15.0. The quantitative estimate of drug-likeness (QED) is 0.885. The van der Waals surface area contributed by atoms with Crippen LogP contribution in [0.2, 0.25) is 0 Å². The Hall–Kier alpha value is -2.01. The van der Waals surface area contributed by atoms with Crippen LogP contribution in [-0.4, -0.2) is 36.0 Å². The van der Waals surface area contributed by atoms with Crippen LogP contribution in [0.5, 0.6) is 11.5 Å². The van der Waals surface area contributed by atoms with Gasteiger partial charge in [0.1, 0.15) is 19.0 Å². The summed E-state index contributed by atoms with van der Waals surface area (Å²) in [7, 11) is 0. The van der Waals surface area contributed by atoms with E-state index in [1.807, 2.05) is 18.2 Å². The molecular formula is C16H20N2O3. The molecule has 0 fully saturated rings. The van der Waals surface area contributed by atoms with Gasteiger partial charge >= 0.3 is 0 Å². The highest BCUT2D eigenvalue weighted by Crippen LogP contribution is 2.36. The zero-order valence-electron chi connectivity index (χ0n) is 12.1. The molecule has 0 bridgehead atoms. The zero-order chi connectivity index (χ0) is 14.7. The van der Waals surface area contributed by atoms with Crippen molar-refractivity contribution in [2.24, 2.45) is 0 Å². The number of aromatic nitrogens is 1. The van der Waals surface area contributed by atoms with Gasteiger partial charge < -0.3 is 19.9 Å². The number of nitrogens with zero attached hydrogens (tertiary/aromatic N) is 1. The first-order valence-corrected chi connectivity index (χ1v) is 7.38. The van der Waals surface area contributed by atoms with Gasteiger partial charge in [-0.25, -0.2) is 4.98 Å². The lowest BCUT2D eigenvalue weighted by molar-refractivity contribution is 0.172. The van der Waals surface area contributed by atoms with Gasteiger partial charge in [-0.2, -0.15) is 0 Å². The SMILES string of the molecule is CCCC(O)CNc1nccc2cc3c(cc12)OCCO3. The average molecular weight is 288 g/mol. The first kappa shape index (κ1) is 13.9. The third-order valence-corrected chi connectivity index (χ3v) is 3.55. The zero-order valence-corrected chi connectivity index (χ0v) is 12.1. The van der Waals surface area contributed by atoms with Crippen molar-refractivity contribution in [3.63, 3.8) is 0 Å². The van der Waals surface area contributed by atoms with Gasteiger partial charge in [0.15, 0.2) is 11.5 Å². The summed E-state index contributed by atoms with van der Waals surface area (Å²) in [5.74, 6) is 2.29. The van der Waals surface area contributed by atoms with Gasteiger partial charge in [0.25, 0.3) is 0 Å². The molecule has 5 nitrogen and oxygen atoms in total. The van der Waals surface area contributed by atoms with E-state index in [0.29, 0.717) is 19.8 Å². The summed E-state index contributed by atoms with van der Waals surface area (Å²) in [4.78, 5) is 4.37. The molecule has 0 radical (unpaired) electrons. The van der Waals surface area contributed by atoms with Crippen molar-refractivity contribution < 1.29 is 14.6 Å². The largest absolute Gasteiger partial charge is 0.486 e. The fraction of sp³-hybridized carbons (Fsp3) is 0.438. The maximum absolute atomic E-state index is 9.84. The molecule has 21 heavy (non-hydrogen) atoms. The fourth-order valence-corrected chi connectivity index (χ4v) is 2.50. The third-order valence-electron chi connectivity index (χ3n) is 3.55. The third kappa shape index (κ3) is 3.03. The number of fused-ring (bicyclic) bond motifs is 2. The Morgan fingerprint density at radius 2 is 2.05 bits per heavy atom. The van der Waals surface area contributed by atoms with Crippen LogP contribution in [0.25, 0.3) is 10.8 Å². The van der Waals surface area contributed by atoms with Crippen molar-refractivity contribution in [1.29, 1.82) is 0 Å². The van der Waals surface area contributed by atoms with Crippen LogP contribution in [0.3, 0.4) is 0 Å². The van der Waals surface area contributed by atoms with E-state index in [4.69, 9.17) is 9.47 Å². The van der Waals surface area contributed by atoms with E-state index in [0.717, 1.165) is 40.9 Å². The van der Waals surface area contributed by atoms with Crippen molar-refractivity contribution >= 4 is 16.6 Å². The highest BCUT2D eigenvalue weighted by Gasteiger charge is 2.14. The smallest absolute Gasteiger partial charge is 0.162 e. The Morgan fingerprint density at radius 1 is 1.29 bits per heavy atom. The number of rotatable bonds is 5. The molecule has 1 aliphatic heterocycles. The lowest BCUT2D eigenvalue weighted by Crippen LogP contribution is -2.19. The molecule has 3 rings (SSSR count). The number of nitrogens with one attached hydrogen (secondary N) is 1. The first-order chi connectivity index (χ1) is 10.3. The van der Waals surface area contributed by atoms with E-state index in [1.165, 1.54) is 0 Å². The summed E-state index contributed by atoms with van der Waals surface area (Å²) >= 11 is 0. The Bertz CT molecular complexity index is 630. The monoisotopic (exact) mass is 288 g/mol. The van der Waals surface area contributed by atoms with Crippen molar-refractivity contribution in [1.82, 2.24) is 4.98 Å². The Kier molecular flexibility index (Phi) is 4.10. The Morgan fingerprint density at radius 3 is 2.81 bits per heavy atom. The molecule has 5 heteroatoms. The number of aliphatic hydroxyl groups is 1. The van der Waals surface area contributed by atoms with Crippen LogP contribution in [0.15, 0.2) is 24.4 Å². The molecule has 1 aromatic heterocycles. The van der Waals surface area contributed by atoms with Crippen molar-refractivity contribution in [2.45, 2.75) is 25.9 Å². The van der Waals surface area contributed by atoms with Crippen molar-refractivity contribution in [2.75, 3.05) is 25.1 Å². The molecule has 0 saturated heterocycles. The molecular weight excluding hydrogens is 268 g/mol. The molecule has 0 aliphatic carbocycles. The predicted molar refractivity (Wildman–Crippen MR) is 82.1 cm³/mol. The van der Waals surface area contributed by atoms with Gasteiger partial charge in [-0.15, -0.1) is 0 Å². The van der Waals surface area contributed by atoms with E-state index >= 15 is 0 Å². The Balaban J connectivity index is 1.88. The minimum absolute atomic E-state index is 0.357. The van der Waals surface area contributed by atoms with Crippen molar-refractivity contribution in [3.05, 3.63) is 24.4 Å². The summed E-state index contributed by atoms with van der Waals surface area (Å²) in [6.07, 6.45) is 3.14. The van der Waals surface area contributed by atoms with Crippen LogP contribution in [-0.2, 0) is 0 Å². The molecule has 0 spiro atoms. The molecule has 0 saturated carbocycles. The molecule has 1 aromatic carbocycles. The number of aliphatic hydroxyl groups excluding tert-OH is 1. The molecule has 1 aliphatic rings. The van der Waals surface area contributed by atoms with Gasteiger partial charge in [-0.3, -0.25) is 0 Å². The number of anilines is 1. The number of hydrogen-bond acceptors (Lipinski definition) is 5. The van der Waals surface area contributed by atoms with E-state index in [-0.39, 0.29) is 6.10 Å². The van der Waals surface area contributed by atoms with Crippen LogP contribution >= 0.6 is 0 Å². The highest BCUT2D eigenvalue weighted by atomic mass is 16.6. The molecule has 112 valence electrons. The van der Waals surface area contributed by atoms with E-state index in [9.17, 15) is 5.11 Å². The van der Waals surface area contributed by atoms with Gasteiger partial charge in [-0.05, 0) is 30.0 Å². The number of pyridine rings is 1.